The zero-order valence-corrected chi connectivity index (χ0v) is 63.5. The number of nitrogens with zero attached hydrogens (tertiary/aromatic N) is 4. The van der Waals surface area contributed by atoms with Crippen LogP contribution in [0.4, 0.5) is 34.1 Å². The van der Waals surface area contributed by atoms with Gasteiger partial charge < -0.3 is 23.4 Å². The number of benzene rings is 16. The predicted octanol–water partition coefficient (Wildman–Crippen LogP) is 29.2. The number of rotatable bonds is 11. The average molecular weight is 1440 g/mol. The van der Waals surface area contributed by atoms with Crippen molar-refractivity contribution in [2.75, 3.05) is 9.80 Å². The molecule has 0 amide bonds. The first kappa shape index (κ1) is 66.5. The van der Waals surface area contributed by atoms with E-state index in [1.807, 2.05) is 6.07 Å². The van der Waals surface area contributed by atoms with Gasteiger partial charge in [0.2, 0.25) is 0 Å². The molecule has 0 saturated carbocycles. The molecule has 0 aliphatic heterocycles. The Balaban J connectivity index is 0.000000141. The molecule has 5 heteroatoms. The second kappa shape index (κ2) is 25.7. The number of hydrogen-bond acceptors (Lipinski definition) is 3. The van der Waals surface area contributed by atoms with Crippen molar-refractivity contribution in [3.05, 3.63) is 409 Å². The van der Waals surface area contributed by atoms with E-state index < -0.39 is 0 Å². The highest BCUT2D eigenvalue weighted by atomic mass is 16.3. The summed E-state index contributed by atoms with van der Waals surface area (Å²) in [5.74, 6) is 0. The quantitative estimate of drug-likeness (QED) is 0.129. The van der Waals surface area contributed by atoms with Crippen LogP contribution >= 0.6 is 0 Å². The van der Waals surface area contributed by atoms with E-state index in [2.05, 4.69) is 431 Å². The summed E-state index contributed by atoms with van der Waals surface area (Å²) in [4.78, 5) is 4.72. The van der Waals surface area contributed by atoms with Gasteiger partial charge in [0.05, 0.1) is 28.1 Å². The molecule has 5 nitrogen and oxygen atoms in total. The molecule has 22 rings (SSSR count). The molecule has 0 radical (unpaired) electrons. The van der Waals surface area contributed by atoms with Crippen LogP contribution in [0.15, 0.2) is 381 Å². The standard InChI is InChI=1S/C54H42N2.C53H38N2O/c1-53(2)47-20-12-10-18-43(47)44-30-29-42(34-49(44)53)55(39-16-6-5-7-17-39)40-26-22-36(23-27-40)38-25-31-50-46(33-38)51-52(45-19-11-13-21-48(45)54(51,3)4)56(50)41-28-24-35-14-8-9-15-37(35)32-41;1-53(2)46-21-11-9-19-44(46)51-50(53)45-34-38(28-33-47(45)55(51)48-22-13-20-43-42-18-10-12-23-49(42)56-52(43)48)37-26-31-41(32-27-37)54(39-16-7-4-8-17-39)40-29-24-36(25-30-40)35-14-5-3-6-15-35/h5-34H,1-4H3;3-34H,1-2H3. The largest absolute Gasteiger partial charge is 0.454 e. The molecule has 3 aromatic heterocycles. The highest BCUT2D eigenvalue weighted by Gasteiger charge is 2.43. The van der Waals surface area contributed by atoms with Crippen LogP contribution in [0.3, 0.4) is 0 Å². The van der Waals surface area contributed by atoms with Gasteiger partial charge in [-0.05, 0) is 210 Å². The topological polar surface area (TPSA) is 29.5 Å². The highest BCUT2D eigenvalue weighted by Crippen LogP contribution is 2.58. The van der Waals surface area contributed by atoms with Crippen molar-refractivity contribution in [2.45, 2.75) is 57.8 Å². The summed E-state index contributed by atoms with van der Waals surface area (Å²) >= 11 is 0. The van der Waals surface area contributed by atoms with Crippen LogP contribution in [0.25, 0.3) is 133 Å². The van der Waals surface area contributed by atoms with Crippen LogP contribution in [0.1, 0.15) is 74.9 Å². The fraction of sp³-hybridized carbons (Fsp3) is 0.0841. The lowest BCUT2D eigenvalue weighted by Crippen LogP contribution is -2.16. The van der Waals surface area contributed by atoms with Crippen LogP contribution < -0.4 is 9.80 Å². The summed E-state index contributed by atoms with van der Waals surface area (Å²) in [5, 5.41) is 7.35. The molecule has 0 spiro atoms. The van der Waals surface area contributed by atoms with Crippen molar-refractivity contribution in [1.82, 2.24) is 9.13 Å². The maximum absolute atomic E-state index is 6.64. The molecule has 0 bridgehead atoms. The van der Waals surface area contributed by atoms with Crippen molar-refractivity contribution in [3.8, 4) is 78.4 Å². The number of aromatic nitrogens is 2. The lowest BCUT2D eigenvalue weighted by atomic mass is 9.81. The smallest absolute Gasteiger partial charge is 0.159 e. The van der Waals surface area contributed by atoms with Gasteiger partial charge in [-0.15, -0.1) is 0 Å². The minimum atomic E-state index is -0.189. The number of anilines is 6. The normalized spacial score (nSPS) is 13.7. The van der Waals surface area contributed by atoms with E-state index in [4.69, 9.17) is 4.42 Å². The van der Waals surface area contributed by atoms with Crippen molar-refractivity contribution in [3.63, 3.8) is 0 Å². The summed E-state index contributed by atoms with van der Waals surface area (Å²) in [6.45, 7) is 14.2. The Hall–Kier alpha value is -13.7. The van der Waals surface area contributed by atoms with Gasteiger partial charge in [-0.3, -0.25) is 0 Å². The summed E-state index contributed by atoms with van der Waals surface area (Å²) < 4.78 is 11.6. The van der Waals surface area contributed by atoms with E-state index in [0.717, 1.165) is 61.8 Å². The Kier molecular flexibility index (Phi) is 15.3. The highest BCUT2D eigenvalue weighted by molar-refractivity contribution is 6.10. The minimum absolute atomic E-state index is 0.0733. The van der Waals surface area contributed by atoms with Crippen LogP contribution in [-0.4, -0.2) is 9.13 Å². The SMILES string of the molecule is CC1(C)c2ccccc2-c2c1c1cc(-c3ccc(N(c4ccccc4)c4ccc(-c5ccccc5)cc4)cc3)ccc1n2-c1cccc2c1oc1ccccc12.CC1(C)c2ccccc2-c2ccc(N(c3ccccc3)c3ccc(-c4ccc5c(c4)c4c(n5-c5ccc6ccccc6c5)-c5ccccc5C4(C)C)cc3)cc21. The molecule has 112 heavy (non-hydrogen) atoms. The fourth-order valence-corrected chi connectivity index (χ4v) is 19.1. The van der Waals surface area contributed by atoms with Gasteiger partial charge in [0.1, 0.15) is 5.58 Å². The predicted molar refractivity (Wildman–Crippen MR) is 470 cm³/mol. The zero-order valence-electron chi connectivity index (χ0n) is 63.5. The monoisotopic (exact) mass is 1440 g/mol. The maximum atomic E-state index is 6.64. The van der Waals surface area contributed by atoms with E-state index in [9.17, 15) is 0 Å². The van der Waals surface area contributed by atoms with Crippen LogP contribution in [0, 0.1) is 0 Å². The van der Waals surface area contributed by atoms with Crippen molar-refractivity contribution < 1.29 is 4.42 Å². The third-order valence-corrected chi connectivity index (χ3v) is 24.5. The Labute approximate surface area is 653 Å². The van der Waals surface area contributed by atoms with Gasteiger partial charge in [0.25, 0.3) is 0 Å². The summed E-state index contributed by atoms with van der Waals surface area (Å²) in [6, 6.07) is 137. The van der Waals surface area contributed by atoms with E-state index in [1.54, 1.807) is 0 Å². The van der Waals surface area contributed by atoms with Gasteiger partial charge in [0, 0.05) is 88.7 Å². The Bertz CT molecular complexity index is 6940. The van der Waals surface area contributed by atoms with Crippen molar-refractivity contribution in [2.24, 2.45) is 0 Å². The number of para-hydroxylation sites is 4. The first-order valence-corrected chi connectivity index (χ1v) is 39.1. The molecule has 3 aliphatic rings. The van der Waals surface area contributed by atoms with Crippen LogP contribution in [0.2, 0.25) is 0 Å². The molecule has 0 atom stereocenters. The first-order valence-electron chi connectivity index (χ1n) is 39.1. The van der Waals surface area contributed by atoms with Crippen molar-refractivity contribution >= 4 is 88.6 Å². The van der Waals surface area contributed by atoms with Gasteiger partial charge in [-0.2, -0.15) is 0 Å². The maximum Gasteiger partial charge on any atom is 0.159 e. The van der Waals surface area contributed by atoms with E-state index in [-0.39, 0.29) is 16.2 Å². The molecule has 16 aromatic carbocycles. The molecule has 3 aliphatic carbocycles. The number of furan rings is 1. The average Bonchev–Trinajstić information content (AvgIpc) is 1.53. The molecule has 0 unspecified atom stereocenters. The second-order valence-corrected chi connectivity index (χ2v) is 32.0. The zero-order chi connectivity index (χ0) is 75.1. The first-order chi connectivity index (χ1) is 54.8. The van der Waals surface area contributed by atoms with E-state index in [1.165, 1.54) is 139 Å². The van der Waals surface area contributed by atoms with Gasteiger partial charge in [-0.25, -0.2) is 0 Å². The minimum Gasteiger partial charge on any atom is -0.454 e. The molecule has 0 fully saturated rings. The summed E-state index contributed by atoms with van der Waals surface area (Å²) in [5.41, 5.74) is 36.2. The second-order valence-electron chi connectivity index (χ2n) is 32.0. The summed E-state index contributed by atoms with van der Waals surface area (Å²) in [7, 11) is 0. The molecule has 534 valence electrons. The van der Waals surface area contributed by atoms with Gasteiger partial charge in [-0.1, -0.05) is 296 Å². The third kappa shape index (κ3) is 10.4. The molecule has 19 aromatic rings. The number of fused-ring (bicyclic) bond motifs is 17. The van der Waals surface area contributed by atoms with Gasteiger partial charge in [0.15, 0.2) is 5.58 Å². The van der Waals surface area contributed by atoms with E-state index >= 15 is 0 Å². The van der Waals surface area contributed by atoms with Crippen LogP contribution in [0.5, 0.6) is 0 Å². The lowest BCUT2D eigenvalue weighted by Gasteiger charge is -2.28. The molecule has 0 N–H and O–H groups in total. The fourth-order valence-electron chi connectivity index (χ4n) is 19.1. The summed E-state index contributed by atoms with van der Waals surface area (Å²) in [6.07, 6.45) is 0. The molecule has 3 heterocycles. The lowest BCUT2D eigenvalue weighted by molar-refractivity contribution is 0.660. The molecular formula is C107H80N4O. The molecular weight excluding hydrogens is 1360 g/mol. The Morgan fingerprint density at radius 1 is 0.250 bits per heavy atom. The van der Waals surface area contributed by atoms with Gasteiger partial charge >= 0.3 is 0 Å². The van der Waals surface area contributed by atoms with Crippen molar-refractivity contribution in [1.29, 1.82) is 0 Å². The van der Waals surface area contributed by atoms with E-state index in [0.29, 0.717) is 0 Å². The Morgan fingerprint density at radius 3 is 1.24 bits per heavy atom. The number of hydrogen-bond donors (Lipinski definition) is 0. The Morgan fingerprint density at radius 2 is 0.661 bits per heavy atom. The third-order valence-electron chi connectivity index (χ3n) is 24.5. The van der Waals surface area contributed by atoms with Crippen LogP contribution in [-0.2, 0) is 16.2 Å². The molecule has 0 saturated heterocycles.